The lowest BCUT2D eigenvalue weighted by Crippen LogP contribution is -2.40. The number of likely N-dealkylation sites (tertiary alicyclic amines) is 1. The van der Waals surface area contributed by atoms with Gasteiger partial charge in [0, 0.05) is 18.7 Å². The van der Waals surface area contributed by atoms with Gasteiger partial charge in [0.1, 0.15) is 16.0 Å². The van der Waals surface area contributed by atoms with E-state index in [0.717, 1.165) is 43.5 Å². The first kappa shape index (κ1) is 21.1. The molecule has 0 spiro atoms. The van der Waals surface area contributed by atoms with Crippen molar-refractivity contribution in [3.8, 4) is 11.5 Å². The number of carbonyl (C=O) groups is 1. The Morgan fingerprint density at radius 1 is 1.25 bits per heavy atom. The summed E-state index contributed by atoms with van der Waals surface area (Å²) < 4.78 is 11.4. The SMILES string of the molecule is CCNCC1CCN(C(=O)c2cc(OC)c(Br)c(OC)c2)CC1.Cl. The van der Waals surface area contributed by atoms with Gasteiger partial charge >= 0.3 is 0 Å². The van der Waals surface area contributed by atoms with Crippen LogP contribution in [0.1, 0.15) is 30.1 Å². The molecule has 5 nitrogen and oxygen atoms in total. The molecule has 1 saturated heterocycles. The third-order valence-corrected chi connectivity index (χ3v) is 5.06. The average Bonchev–Trinajstić information content (AvgIpc) is 2.60. The summed E-state index contributed by atoms with van der Waals surface area (Å²) in [6.45, 7) is 5.76. The maximum atomic E-state index is 12.8. The van der Waals surface area contributed by atoms with E-state index in [-0.39, 0.29) is 18.3 Å². The van der Waals surface area contributed by atoms with Crippen molar-refractivity contribution in [1.82, 2.24) is 10.2 Å². The molecule has 0 radical (unpaired) electrons. The van der Waals surface area contributed by atoms with E-state index in [9.17, 15) is 4.79 Å². The summed E-state index contributed by atoms with van der Waals surface area (Å²) in [5.41, 5.74) is 0.604. The molecule has 7 heteroatoms. The third-order valence-electron chi connectivity index (χ3n) is 4.28. The van der Waals surface area contributed by atoms with E-state index >= 15 is 0 Å². The molecule has 0 saturated carbocycles. The van der Waals surface area contributed by atoms with Crippen LogP contribution < -0.4 is 14.8 Å². The Morgan fingerprint density at radius 2 is 1.79 bits per heavy atom. The van der Waals surface area contributed by atoms with Gasteiger partial charge in [0.05, 0.1) is 14.2 Å². The molecule has 1 aliphatic heterocycles. The Kier molecular flexibility index (Phi) is 8.87. The average molecular weight is 422 g/mol. The van der Waals surface area contributed by atoms with E-state index in [1.165, 1.54) is 0 Å². The lowest BCUT2D eigenvalue weighted by molar-refractivity contribution is 0.0689. The molecule has 1 fully saturated rings. The minimum atomic E-state index is 0. The van der Waals surface area contributed by atoms with E-state index in [2.05, 4.69) is 28.2 Å². The van der Waals surface area contributed by atoms with Crippen LogP contribution in [0.25, 0.3) is 0 Å². The summed E-state index contributed by atoms with van der Waals surface area (Å²) in [5.74, 6) is 1.91. The molecule has 2 rings (SSSR count). The summed E-state index contributed by atoms with van der Waals surface area (Å²) in [4.78, 5) is 14.7. The number of hydrogen-bond donors (Lipinski definition) is 1. The zero-order valence-electron chi connectivity index (χ0n) is 14.4. The normalized spacial score (nSPS) is 14.9. The van der Waals surface area contributed by atoms with Crippen LogP contribution in [-0.4, -0.2) is 51.2 Å². The first-order valence-corrected chi connectivity index (χ1v) is 8.81. The second kappa shape index (κ2) is 10.1. The van der Waals surface area contributed by atoms with E-state index in [0.29, 0.717) is 23.0 Å². The molecule has 1 aromatic carbocycles. The third kappa shape index (κ3) is 5.01. The monoisotopic (exact) mass is 420 g/mol. The predicted octanol–water partition coefficient (Wildman–Crippen LogP) is 3.35. The largest absolute Gasteiger partial charge is 0.495 e. The van der Waals surface area contributed by atoms with Gasteiger partial charge in [-0.3, -0.25) is 4.79 Å². The van der Waals surface area contributed by atoms with Crippen LogP contribution in [0.5, 0.6) is 11.5 Å². The maximum absolute atomic E-state index is 12.8. The van der Waals surface area contributed by atoms with E-state index in [4.69, 9.17) is 9.47 Å². The Labute approximate surface area is 158 Å². The number of piperidine rings is 1. The fraction of sp³-hybridized carbons (Fsp3) is 0.588. The minimum Gasteiger partial charge on any atom is -0.495 e. The number of methoxy groups -OCH3 is 2. The molecular weight excluding hydrogens is 396 g/mol. The Hall–Kier alpha value is -0.980. The van der Waals surface area contributed by atoms with Crippen LogP contribution in [0.2, 0.25) is 0 Å². The summed E-state index contributed by atoms with van der Waals surface area (Å²) in [7, 11) is 3.17. The highest BCUT2D eigenvalue weighted by Gasteiger charge is 2.24. The summed E-state index contributed by atoms with van der Waals surface area (Å²) >= 11 is 3.43. The number of hydrogen-bond acceptors (Lipinski definition) is 4. The van der Waals surface area contributed by atoms with E-state index in [1.807, 2.05) is 4.90 Å². The van der Waals surface area contributed by atoms with Crippen molar-refractivity contribution in [3.05, 3.63) is 22.2 Å². The second-order valence-corrected chi connectivity index (χ2v) is 6.53. The highest BCUT2D eigenvalue weighted by Crippen LogP contribution is 2.36. The Balaban J connectivity index is 0.00000288. The first-order valence-electron chi connectivity index (χ1n) is 8.02. The molecule has 24 heavy (non-hydrogen) atoms. The zero-order valence-corrected chi connectivity index (χ0v) is 16.8. The van der Waals surface area contributed by atoms with Crippen LogP contribution in [-0.2, 0) is 0 Å². The highest BCUT2D eigenvalue weighted by molar-refractivity contribution is 9.10. The van der Waals surface area contributed by atoms with E-state index < -0.39 is 0 Å². The number of rotatable bonds is 6. The van der Waals surface area contributed by atoms with Gasteiger partial charge in [-0.15, -0.1) is 12.4 Å². The van der Waals surface area contributed by atoms with Gasteiger partial charge in [-0.1, -0.05) is 6.92 Å². The topological polar surface area (TPSA) is 50.8 Å². The fourth-order valence-electron chi connectivity index (χ4n) is 2.86. The second-order valence-electron chi connectivity index (χ2n) is 5.74. The van der Waals surface area contributed by atoms with Crippen LogP contribution >= 0.6 is 28.3 Å². The molecular formula is C17H26BrClN2O3. The number of carbonyl (C=O) groups excluding carboxylic acids is 1. The van der Waals surface area contributed by atoms with Crippen molar-refractivity contribution < 1.29 is 14.3 Å². The lowest BCUT2D eigenvalue weighted by atomic mass is 9.96. The molecule has 1 N–H and O–H groups in total. The van der Waals surface area contributed by atoms with Crippen molar-refractivity contribution in [2.24, 2.45) is 5.92 Å². The van der Waals surface area contributed by atoms with Gasteiger partial charge in [0.2, 0.25) is 0 Å². The number of ether oxygens (including phenoxy) is 2. The molecule has 0 aromatic heterocycles. The smallest absolute Gasteiger partial charge is 0.254 e. The molecule has 1 heterocycles. The van der Waals surface area contributed by atoms with Gasteiger partial charge in [-0.25, -0.2) is 0 Å². The van der Waals surface area contributed by atoms with Crippen molar-refractivity contribution in [3.63, 3.8) is 0 Å². The maximum Gasteiger partial charge on any atom is 0.254 e. The minimum absolute atomic E-state index is 0. The predicted molar refractivity (Wildman–Crippen MR) is 102 cm³/mol. The lowest BCUT2D eigenvalue weighted by Gasteiger charge is -2.32. The van der Waals surface area contributed by atoms with Gasteiger partial charge < -0.3 is 19.7 Å². The highest BCUT2D eigenvalue weighted by atomic mass is 79.9. The van der Waals surface area contributed by atoms with Crippen molar-refractivity contribution in [2.75, 3.05) is 40.4 Å². The van der Waals surface area contributed by atoms with Crippen molar-refractivity contribution in [1.29, 1.82) is 0 Å². The molecule has 136 valence electrons. The number of halogens is 2. The molecule has 1 aromatic rings. The van der Waals surface area contributed by atoms with Crippen LogP contribution in [0.15, 0.2) is 16.6 Å². The van der Waals surface area contributed by atoms with Gasteiger partial charge in [-0.05, 0) is 59.9 Å². The summed E-state index contributed by atoms with van der Waals surface area (Å²) in [6.07, 6.45) is 2.09. The Morgan fingerprint density at radius 3 is 2.25 bits per heavy atom. The number of nitrogens with one attached hydrogen (secondary N) is 1. The van der Waals surface area contributed by atoms with Crippen molar-refractivity contribution >= 4 is 34.2 Å². The fourth-order valence-corrected chi connectivity index (χ4v) is 3.42. The summed E-state index contributed by atoms with van der Waals surface area (Å²) in [5, 5.41) is 3.39. The van der Waals surface area contributed by atoms with Crippen molar-refractivity contribution in [2.45, 2.75) is 19.8 Å². The van der Waals surface area contributed by atoms with Gasteiger partial charge in [0.15, 0.2) is 0 Å². The molecule has 0 atom stereocenters. The standard InChI is InChI=1S/C17H25BrN2O3.ClH/c1-4-19-11-12-5-7-20(8-6-12)17(21)13-9-14(22-2)16(18)15(10-13)23-3;/h9-10,12,19H,4-8,11H2,1-3H3;1H. The van der Waals surface area contributed by atoms with Gasteiger partial charge in [0.25, 0.3) is 5.91 Å². The van der Waals surface area contributed by atoms with Crippen LogP contribution in [0.4, 0.5) is 0 Å². The summed E-state index contributed by atoms with van der Waals surface area (Å²) in [6, 6.07) is 3.53. The first-order chi connectivity index (χ1) is 11.1. The van der Waals surface area contributed by atoms with Crippen LogP contribution in [0.3, 0.4) is 0 Å². The molecule has 1 amide bonds. The number of benzene rings is 1. The van der Waals surface area contributed by atoms with Crippen LogP contribution in [0, 0.1) is 5.92 Å². The Bertz CT molecular complexity index is 524. The number of nitrogens with zero attached hydrogens (tertiary/aromatic N) is 1. The van der Waals surface area contributed by atoms with Gasteiger partial charge in [-0.2, -0.15) is 0 Å². The molecule has 0 aliphatic carbocycles. The zero-order chi connectivity index (χ0) is 16.8. The van der Waals surface area contributed by atoms with E-state index in [1.54, 1.807) is 26.4 Å². The molecule has 0 unspecified atom stereocenters. The molecule has 0 bridgehead atoms. The molecule has 1 aliphatic rings. The number of amides is 1. The quantitative estimate of drug-likeness (QED) is 0.765.